The van der Waals surface area contributed by atoms with Crippen LogP contribution in [0.1, 0.15) is 5.56 Å². The van der Waals surface area contributed by atoms with Crippen LogP contribution < -0.4 is 28.6 Å². The minimum atomic E-state index is -3.57. The summed E-state index contributed by atoms with van der Waals surface area (Å²) in [4.78, 5) is 12.7. The van der Waals surface area contributed by atoms with Gasteiger partial charge in [0.1, 0.15) is 5.75 Å². The van der Waals surface area contributed by atoms with Crippen molar-refractivity contribution in [1.29, 1.82) is 0 Å². The topological polar surface area (TPSA) is 103 Å². The largest absolute Gasteiger partial charge is 0.493 e. The number of anilines is 1. The third kappa shape index (κ3) is 4.38. The monoisotopic (exact) mass is 436 g/mol. The molecule has 0 aliphatic carbocycles. The minimum absolute atomic E-state index is 0.114. The van der Waals surface area contributed by atoms with Crippen molar-refractivity contribution < 1.29 is 32.2 Å². The lowest BCUT2D eigenvalue weighted by atomic mass is 10.1. The van der Waals surface area contributed by atoms with Gasteiger partial charge in [-0.05, 0) is 29.8 Å². The Morgan fingerprint density at radius 2 is 1.77 bits per heavy atom. The Morgan fingerprint density at radius 1 is 1.13 bits per heavy atom. The van der Waals surface area contributed by atoms with Crippen LogP contribution in [0.2, 0.25) is 0 Å². The van der Waals surface area contributed by atoms with E-state index in [9.17, 15) is 13.2 Å². The van der Waals surface area contributed by atoms with Gasteiger partial charge in [-0.15, -0.1) is 0 Å². The molecule has 1 aliphatic rings. The zero-order chi connectivity index (χ0) is 21.9. The Labute approximate surface area is 175 Å². The highest BCUT2D eigenvalue weighted by molar-refractivity contribution is 7.92. The molecule has 0 fully saturated rings. The van der Waals surface area contributed by atoms with Crippen molar-refractivity contribution in [1.82, 2.24) is 5.32 Å². The van der Waals surface area contributed by atoms with E-state index in [1.54, 1.807) is 36.4 Å². The van der Waals surface area contributed by atoms with E-state index in [-0.39, 0.29) is 13.1 Å². The second kappa shape index (κ2) is 8.70. The summed E-state index contributed by atoms with van der Waals surface area (Å²) in [5.41, 5.74) is 1.13. The number of fused-ring (bicyclic) bond motifs is 1. The fraction of sp³-hybridized carbons (Fsp3) is 0.350. The molecule has 1 amide bonds. The molecule has 1 heterocycles. The summed E-state index contributed by atoms with van der Waals surface area (Å²) in [6.07, 6.45) is 0.108. The highest BCUT2D eigenvalue weighted by Gasteiger charge is 2.34. The van der Waals surface area contributed by atoms with Crippen molar-refractivity contribution in [2.24, 2.45) is 0 Å². The molecule has 1 aliphatic heterocycles. The van der Waals surface area contributed by atoms with Crippen molar-refractivity contribution in [3.05, 3.63) is 42.0 Å². The van der Waals surface area contributed by atoms with Gasteiger partial charge in [0, 0.05) is 6.54 Å². The molecule has 10 heteroatoms. The van der Waals surface area contributed by atoms with E-state index < -0.39 is 22.0 Å². The van der Waals surface area contributed by atoms with E-state index in [2.05, 4.69) is 5.32 Å². The van der Waals surface area contributed by atoms with E-state index in [1.165, 1.54) is 25.6 Å². The summed E-state index contributed by atoms with van der Waals surface area (Å²) in [6, 6.07) is 10.1. The summed E-state index contributed by atoms with van der Waals surface area (Å²) >= 11 is 0. The van der Waals surface area contributed by atoms with E-state index in [4.69, 9.17) is 18.9 Å². The maximum Gasteiger partial charge on any atom is 0.263 e. The lowest BCUT2D eigenvalue weighted by Crippen LogP contribution is -2.50. The lowest BCUT2D eigenvalue weighted by Gasteiger charge is -2.33. The third-order valence-corrected chi connectivity index (χ3v) is 5.77. The molecule has 2 aromatic carbocycles. The standard InChI is InChI=1S/C20H24N2O7S/c1-26-16-9-13(10-17(27-2)19(16)28-3)11-21-20(23)18-12-22(30(4,24)25)14-7-5-6-8-15(14)29-18/h5-10,18H,11-12H2,1-4H3,(H,21,23)/t18-/m0/s1. The number of nitrogens with one attached hydrogen (secondary N) is 1. The average Bonchev–Trinajstić information content (AvgIpc) is 2.74. The summed E-state index contributed by atoms with van der Waals surface area (Å²) < 4.78 is 47.2. The molecule has 0 bridgehead atoms. The van der Waals surface area contributed by atoms with Gasteiger partial charge in [0.05, 0.1) is 39.8 Å². The number of amides is 1. The summed E-state index contributed by atoms with van der Waals surface area (Å²) in [5, 5.41) is 2.77. The van der Waals surface area contributed by atoms with Crippen LogP contribution in [0.15, 0.2) is 36.4 Å². The van der Waals surface area contributed by atoms with Gasteiger partial charge in [0.25, 0.3) is 5.91 Å². The molecule has 0 saturated heterocycles. The molecule has 0 radical (unpaired) electrons. The second-order valence-corrected chi connectivity index (χ2v) is 8.53. The molecule has 0 unspecified atom stereocenters. The number of ether oxygens (including phenoxy) is 4. The third-order valence-electron chi connectivity index (χ3n) is 4.62. The zero-order valence-corrected chi connectivity index (χ0v) is 18.0. The molecule has 30 heavy (non-hydrogen) atoms. The number of nitrogens with zero attached hydrogens (tertiary/aromatic N) is 1. The molecular formula is C20H24N2O7S. The van der Waals surface area contributed by atoms with E-state index >= 15 is 0 Å². The van der Waals surface area contributed by atoms with E-state index in [0.717, 1.165) is 6.26 Å². The molecule has 3 rings (SSSR count). The first kappa shape index (κ1) is 21.6. The molecular weight excluding hydrogens is 412 g/mol. The first-order valence-corrected chi connectivity index (χ1v) is 10.9. The second-order valence-electron chi connectivity index (χ2n) is 6.62. The lowest BCUT2D eigenvalue weighted by molar-refractivity contribution is -0.127. The van der Waals surface area contributed by atoms with Gasteiger partial charge in [-0.25, -0.2) is 8.42 Å². The molecule has 1 atom stereocenters. The quantitative estimate of drug-likeness (QED) is 0.702. The molecule has 2 aromatic rings. The first-order chi connectivity index (χ1) is 14.3. The minimum Gasteiger partial charge on any atom is -0.493 e. The van der Waals surface area contributed by atoms with E-state index in [0.29, 0.717) is 34.2 Å². The molecule has 162 valence electrons. The maximum absolute atomic E-state index is 12.7. The highest BCUT2D eigenvalue weighted by atomic mass is 32.2. The van der Waals surface area contributed by atoms with Gasteiger partial charge in [-0.2, -0.15) is 0 Å². The predicted molar refractivity (Wildman–Crippen MR) is 111 cm³/mol. The Morgan fingerprint density at radius 3 is 2.33 bits per heavy atom. The van der Waals surface area contributed by atoms with Gasteiger partial charge >= 0.3 is 0 Å². The van der Waals surface area contributed by atoms with Gasteiger partial charge in [-0.3, -0.25) is 9.10 Å². The van der Waals surface area contributed by atoms with Crippen molar-refractivity contribution >= 4 is 21.6 Å². The van der Waals surface area contributed by atoms with Crippen LogP contribution in [0, 0.1) is 0 Å². The van der Waals surface area contributed by atoms with Crippen LogP contribution in [-0.2, 0) is 21.4 Å². The number of carbonyl (C=O) groups is 1. The molecule has 1 N–H and O–H groups in total. The number of methoxy groups -OCH3 is 3. The van der Waals surface area contributed by atoms with Gasteiger partial charge in [-0.1, -0.05) is 12.1 Å². The van der Waals surface area contributed by atoms with Crippen molar-refractivity contribution in [2.45, 2.75) is 12.6 Å². The number of carbonyl (C=O) groups excluding carboxylic acids is 1. The number of sulfonamides is 1. The van der Waals surface area contributed by atoms with Gasteiger partial charge < -0.3 is 24.3 Å². The normalized spacial score (nSPS) is 15.6. The van der Waals surface area contributed by atoms with Crippen molar-refractivity contribution in [3.63, 3.8) is 0 Å². The SMILES string of the molecule is COc1cc(CNC(=O)[C@@H]2CN(S(C)(=O)=O)c3ccccc3O2)cc(OC)c1OC. The van der Waals surface area contributed by atoms with Crippen LogP contribution in [0.4, 0.5) is 5.69 Å². The first-order valence-electron chi connectivity index (χ1n) is 9.08. The highest BCUT2D eigenvalue weighted by Crippen LogP contribution is 2.38. The Kier molecular flexibility index (Phi) is 6.25. The van der Waals surface area contributed by atoms with E-state index in [1.807, 2.05) is 0 Å². The van der Waals surface area contributed by atoms with Gasteiger partial charge in [0.15, 0.2) is 17.6 Å². The maximum atomic E-state index is 12.7. The van der Waals surface area contributed by atoms with Crippen molar-refractivity contribution in [3.8, 4) is 23.0 Å². The molecule has 0 spiro atoms. The Balaban J connectivity index is 1.77. The summed E-state index contributed by atoms with van der Waals surface area (Å²) in [5.74, 6) is 1.28. The number of para-hydroxylation sites is 2. The molecule has 0 aromatic heterocycles. The number of hydrogen-bond donors (Lipinski definition) is 1. The fourth-order valence-electron chi connectivity index (χ4n) is 3.19. The summed E-state index contributed by atoms with van der Waals surface area (Å²) in [6.45, 7) is 0.0485. The van der Waals surface area contributed by atoms with Crippen LogP contribution in [0.3, 0.4) is 0 Å². The predicted octanol–water partition coefficient (Wildman–Crippen LogP) is 1.56. The smallest absolute Gasteiger partial charge is 0.263 e. The number of benzene rings is 2. The van der Waals surface area contributed by atoms with Crippen molar-refractivity contribution in [2.75, 3.05) is 38.4 Å². The molecule has 9 nitrogen and oxygen atoms in total. The van der Waals surface area contributed by atoms with Crippen LogP contribution in [0.25, 0.3) is 0 Å². The number of hydrogen-bond acceptors (Lipinski definition) is 7. The fourth-order valence-corrected chi connectivity index (χ4v) is 4.11. The summed E-state index contributed by atoms with van der Waals surface area (Å²) in [7, 11) is 0.949. The van der Waals surface area contributed by atoms with Gasteiger partial charge in [0.2, 0.25) is 15.8 Å². The van der Waals surface area contributed by atoms with Crippen LogP contribution >= 0.6 is 0 Å². The Bertz CT molecular complexity index is 1010. The average molecular weight is 436 g/mol. The van der Waals surface area contributed by atoms with Crippen LogP contribution in [0.5, 0.6) is 23.0 Å². The Hall–Kier alpha value is -3.14. The number of rotatable bonds is 7. The van der Waals surface area contributed by atoms with Crippen LogP contribution in [-0.4, -0.2) is 54.6 Å². The zero-order valence-electron chi connectivity index (χ0n) is 17.2. The molecule has 0 saturated carbocycles.